The van der Waals surface area contributed by atoms with Crippen LogP contribution in [-0.4, -0.2) is 112 Å². The third-order valence-electron chi connectivity index (χ3n) is 13.0. The van der Waals surface area contributed by atoms with E-state index < -0.39 is 78.0 Å². The Morgan fingerprint density at radius 2 is 1.55 bits per heavy atom. The Balaban J connectivity index is 1.35. The van der Waals surface area contributed by atoms with Crippen molar-refractivity contribution in [1.82, 2.24) is 0 Å². The van der Waals surface area contributed by atoms with Crippen molar-refractivity contribution >= 4 is 0 Å². The molecule has 17 atom stereocenters. The number of fused-ring (bicyclic) bond motifs is 5. The van der Waals surface area contributed by atoms with Crippen molar-refractivity contribution in [1.29, 1.82) is 0 Å². The molecular formula is C34H58O10. The summed E-state index contributed by atoms with van der Waals surface area (Å²) in [7, 11) is 2.97. The van der Waals surface area contributed by atoms with Gasteiger partial charge in [-0.3, -0.25) is 0 Å². The zero-order valence-electron chi connectivity index (χ0n) is 27.6. The molecule has 5 fully saturated rings. The molecule has 4 aliphatic carbocycles. The first-order valence-electron chi connectivity index (χ1n) is 16.8. The van der Waals surface area contributed by atoms with Gasteiger partial charge in [0.1, 0.15) is 18.3 Å². The molecule has 0 aromatic carbocycles. The monoisotopic (exact) mass is 626 g/mol. The van der Waals surface area contributed by atoms with E-state index in [1.807, 2.05) is 19.9 Å². The molecule has 44 heavy (non-hydrogen) atoms. The van der Waals surface area contributed by atoms with E-state index in [4.69, 9.17) is 18.9 Å². The van der Waals surface area contributed by atoms with Crippen molar-refractivity contribution in [3.63, 3.8) is 0 Å². The maximum Gasteiger partial charge on any atom is 0.186 e. The SMILES string of the molecule is CO[C@H]1[C@H](OC2CC[C@@]3(C)C(C(O)C[C@@]4(O)[C@@H]5C(O)C[C@H]([C@H](C)/C=C/C(O)C(C)C)[C@@]5(C)CC[C@@H]43)C2O)OC[C@@H](OC)[C@@H]1O. The van der Waals surface area contributed by atoms with Crippen molar-refractivity contribution in [2.45, 2.75) is 134 Å². The Hall–Kier alpha value is -0.660. The highest BCUT2D eigenvalue weighted by atomic mass is 16.7. The summed E-state index contributed by atoms with van der Waals surface area (Å²) in [6.07, 6.45) is 0.134. The molecule has 10 nitrogen and oxygen atoms in total. The minimum Gasteiger partial charge on any atom is -0.393 e. The van der Waals surface area contributed by atoms with Gasteiger partial charge in [0.05, 0.1) is 42.7 Å². The standard InChI is InChI=1S/C34H58O10/c1-17(2)20(35)9-8-18(3)19-14-21(36)30-32(19,4)13-11-25-33(5)12-10-23(27(38)26(33)22(37)15-34(25,30)40)44-31-29(42-7)28(39)24(41-6)16-43-31/h8-9,17-31,35-40H,10-16H2,1-7H3/b9-8+/t18-,19-,20?,21?,22?,23?,24-,25-,26?,27?,28+,29-,30-,31+,32-,33-,34+/m1/s1. The van der Waals surface area contributed by atoms with E-state index in [1.54, 1.807) is 0 Å². The summed E-state index contributed by atoms with van der Waals surface area (Å²) < 4.78 is 22.9. The van der Waals surface area contributed by atoms with E-state index in [2.05, 4.69) is 26.8 Å². The van der Waals surface area contributed by atoms with Crippen LogP contribution in [0.1, 0.15) is 73.1 Å². The zero-order chi connectivity index (χ0) is 32.4. The first-order chi connectivity index (χ1) is 20.6. The highest BCUT2D eigenvalue weighted by Gasteiger charge is 2.72. The summed E-state index contributed by atoms with van der Waals surface area (Å²) >= 11 is 0. The molecular weight excluding hydrogens is 568 g/mol. The van der Waals surface area contributed by atoms with Crippen LogP contribution >= 0.6 is 0 Å². The molecule has 1 aliphatic heterocycles. The summed E-state index contributed by atoms with van der Waals surface area (Å²) in [5.74, 6) is -0.803. The fourth-order valence-electron chi connectivity index (χ4n) is 10.7. The topological polar surface area (TPSA) is 158 Å². The minimum absolute atomic E-state index is 0.0802. The molecule has 0 bridgehead atoms. The Morgan fingerprint density at radius 3 is 2.18 bits per heavy atom. The average molecular weight is 627 g/mol. The van der Waals surface area contributed by atoms with E-state index in [0.29, 0.717) is 19.3 Å². The average Bonchev–Trinajstić information content (AvgIpc) is 3.24. The quantitative estimate of drug-likeness (QED) is 0.174. The van der Waals surface area contributed by atoms with Gasteiger partial charge in [-0.15, -0.1) is 0 Å². The lowest BCUT2D eigenvalue weighted by Crippen LogP contribution is -2.71. The lowest BCUT2D eigenvalue weighted by molar-refractivity contribution is -0.321. The number of ether oxygens (including phenoxy) is 4. The van der Waals surface area contributed by atoms with Crippen molar-refractivity contribution in [3.8, 4) is 0 Å². The van der Waals surface area contributed by atoms with E-state index in [9.17, 15) is 30.6 Å². The third kappa shape index (κ3) is 5.53. The van der Waals surface area contributed by atoms with Crippen molar-refractivity contribution in [3.05, 3.63) is 12.2 Å². The molecule has 4 saturated carbocycles. The minimum atomic E-state index is -1.28. The maximum atomic E-state index is 12.7. The number of aliphatic hydroxyl groups excluding tert-OH is 5. The van der Waals surface area contributed by atoms with Gasteiger partial charge >= 0.3 is 0 Å². The van der Waals surface area contributed by atoms with E-state index in [1.165, 1.54) is 14.2 Å². The van der Waals surface area contributed by atoms with Crippen LogP contribution in [0.4, 0.5) is 0 Å². The van der Waals surface area contributed by atoms with E-state index in [0.717, 1.165) is 12.8 Å². The van der Waals surface area contributed by atoms with Gasteiger partial charge in [0.2, 0.25) is 0 Å². The van der Waals surface area contributed by atoms with Crippen LogP contribution in [-0.2, 0) is 18.9 Å². The van der Waals surface area contributed by atoms with Gasteiger partial charge in [-0.2, -0.15) is 0 Å². The van der Waals surface area contributed by atoms with Gasteiger partial charge in [-0.1, -0.05) is 46.8 Å². The summed E-state index contributed by atoms with van der Waals surface area (Å²) in [6, 6.07) is 0. The van der Waals surface area contributed by atoms with Crippen LogP contribution in [0, 0.1) is 46.3 Å². The molecule has 254 valence electrons. The predicted octanol–water partition coefficient (Wildman–Crippen LogP) is 2.01. The largest absolute Gasteiger partial charge is 0.393 e. The molecule has 6 unspecified atom stereocenters. The van der Waals surface area contributed by atoms with Gasteiger partial charge in [0, 0.05) is 32.5 Å². The molecule has 0 aromatic rings. The zero-order valence-corrected chi connectivity index (χ0v) is 27.6. The molecule has 0 radical (unpaired) electrons. The number of hydrogen-bond acceptors (Lipinski definition) is 10. The molecule has 5 rings (SSSR count). The fourth-order valence-corrected chi connectivity index (χ4v) is 10.7. The second-order valence-corrected chi connectivity index (χ2v) is 15.6. The van der Waals surface area contributed by atoms with Crippen LogP contribution in [0.3, 0.4) is 0 Å². The first kappa shape index (κ1) is 34.7. The van der Waals surface area contributed by atoms with Gasteiger partial charge in [-0.05, 0) is 66.6 Å². The summed E-state index contributed by atoms with van der Waals surface area (Å²) in [5, 5.41) is 68.8. The predicted molar refractivity (Wildman–Crippen MR) is 162 cm³/mol. The number of allylic oxidation sites excluding steroid dienone is 1. The Kier molecular flexibility index (Phi) is 10.0. The summed E-state index contributed by atoms with van der Waals surface area (Å²) in [4.78, 5) is 0. The molecule has 6 N–H and O–H groups in total. The second-order valence-electron chi connectivity index (χ2n) is 15.6. The van der Waals surface area contributed by atoms with Gasteiger partial charge in [-0.25, -0.2) is 0 Å². The number of aliphatic hydroxyl groups is 6. The normalized spacial score (nSPS) is 52.4. The van der Waals surface area contributed by atoms with Crippen LogP contribution in [0.5, 0.6) is 0 Å². The molecule has 0 spiro atoms. The van der Waals surface area contributed by atoms with Crippen LogP contribution in [0.25, 0.3) is 0 Å². The van der Waals surface area contributed by atoms with Gasteiger partial charge in [0.25, 0.3) is 0 Å². The Bertz CT molecular complexity index is 1020. The van der Waals surface area contributed by atoms with E-state index >= 15 is 0 Å². The van der Waals surface area contributed by atoms with Gasteiger partial charge in [0.15, 0.2) is 6.29 Å². The summed E-state index contributed by atoms with van der Waals surface area (Å²) in [5.41, 5.74) is -2.20. The van der Waals surface area contributed by atoms with Crippen molar-refractivity contribution in [2.24, 2.45) is 46.3 Å². The number of methoxy groups -OCH3 is 2. The maximum absolute atomic E-state index is 12.7. The Morgan fingerprint density at radius 1 is 0.864 bits per heavy atom. The second kappa shape index (κ2) is 12.7. The molecule has 0 aromatic heterocycles. The molecule has 10 heteroatoms. The van der Waals surface area contributed by atoms with Gasteiger partial charge < -0.3 is 49.6 Å². The van der Waals surface area contributed by atoms with Crippen LogP contribution in [0.15, 0.2) is 12.2 Å². The summed E-state index contributed by atoms with van der Waals surface area (Å²) in [6.45, 7) is 10.5. The molecule has 5 aliphatic rings. The van der Waals surface area contributed by atoms with Crippen LogP contribution in [0.2, 0.25) is 0 Å². The molecule has 1 heterocycles. The fraction of sp³-hybridized carbons (Fsp3) is 0.941. The molecule has 1 saturated heterocycles. The molecule has 0 amide bonds. The first-order valence-corrected chi connectivity index (χ1v) is 16.8. The highest BCUT2D eigenvalue weighted by molar-refractivity contribution is 5.21. The number of rotatable bonds is 8. The van der Waals surface area contributed by atoms with Crippen LogP contribution < -0.4 is 0 Å². The lowest BCUT2D eigenvalue weighted by Gasteiger charge is -2.66. The smallest absolute Gasteiger partial charge is 0.186 e. The lowest BCUT2D eigenvalue weighted by atomic mass is 9.41. The van der Waals surface area contributed by atoms with Crippen molar-refractivity contribution in [2.75, 3.05) is 20.8 Å². The highest BCUT2D eigenvalue weighted by Crippen LogP contribution is 2.69. The van der Waals surface area contributed by atoms with E-state index in [-0.39, 0.29) is 42.1 Å². The Labute approximate surface area is 262 Å². The van der Waals surface area contributed by atoms with Crippen molar-refractivity contribution < 1.29 is 49.6 Å². The third-order valence-corrected chi connectivity index (χ3v) is 13.0. The number of hydrogen-bond donors (Lipinski definition) is 6.